The molecular formula is C29H33F3N2O4S. The molecular weight excluding hydrogens is 529 g/mol. The average molecular weight is 563 g/mol. The summed E-state index contributed by atoms with van der Waals surface area (Å²) in [4.78, 5) is 15.5. The van der Waals surface area contributed by atoms with Crippen molar-refractivity contribution in [3.63, 3.8) is 0 Å². The van der Waals surface area contributed by atoms with Crippen LogP contribution >= 0.6 is 0 Å². The van der Waals surface area contributed by atoms with Crippen molar-refractivity contribution >= 4 is 16.0 Å². The number of carbonyl (C=O) groups excluding carboxylic acids is 1. The molecule has 1 aromatic heterocycles. The number of carbonyl (C=O) groups is 1. The maximum absolute atomic E-state index is 13.8. The van der Waals surface area contributed by atoms with Gasteiger partial charge in [0.2, 0.25) is 10.0 Å². The molecule has 0 N–H and O–H groups in total. The van der Waals surface area contributed by atoms with E-state index in [1.165, 1.54) is 6.07 Å². The van der Waals surface area contributed by atoms with Gasteiger partial charge in [-0.05, 0) is 87.6 Å². The lowest BCUT2D eigenvalue weighted by atomic mass is 9.98. The van der Waals surface area contributed by atoms with Gasteiger partial charge in [0.15, 0.2) is 0 Å². The second-order valence-corrected chi connectivity index (χ2v) is 12.2. The van der Waals surface area contributed by atoms with Gasteiger partial charge in [0.25, 0.3) is 0 Å². The van der Waals surface area contributed by atoms with Gasteiger partial charge >= 0.3 is 12.1 Å². The Morgan fingerprint density at radius 1 is 1.05 bits per heavy atom. The fourth-order valence-corrected chi connectivity index (χ4v) is 6.15. The third-order valence-corrected chi connectivity index (χ3v) is 8.12. The van der Waals surface area contributed by atoms with E-state index in [0.29, 0.717) is 5.56 Å². The highest BCUT2D eigenvalue weighted by Gasteiger charge is 2.40. The molecule has 6 nitrogen and oxygen atoms in total. The summed E-state index contributed by atoms with van der Waals surface area (Å²) in [6.07, 6.45) is -1.52. The lowest BCUT2D eigenvalue weighted by Crippen LogP contribution is -2.36. The van der Waals surface area contributed by atoms with E-state index in [4.69, 9.17) is 4.74 Å². The predicted octanol–water partition coefficient (Wildman–Crippen LogP) is 6.95. The van der Waals surface area contributed by atoms with E-state index < -0.39 is 44.3 Å². The molecule has 3 aromatic rings. The van der Waals surface area contributed by atoms with E-state index >= 15 is 0 Å². The summed E-state index contributed by atoms with van der Waals surface area (Å²) in [5.74, 6) is -0.515. The predicted molar refractivity (Wildman–Crippen MR) is 143 cm³/mol. The molecule has 0 saturated heterocycles. The number of hydrogen-bond acceptors (Lipinski definition) is 5. The third kappa shape index (κ3) is 7.67. The molecule has 3 rings (SSSR count). The Labute approximate surface area is 227 Å². The van der Waals surface area contributed by atoms with Crippen LogP contribution in [0.5, 0.6) is 0 Å². The van der Waals surface area contributed by atoms with Crippen LogP contribution in [-0.4, -0.2) is 35.8 Å². The van der Waals surface area contributed by atoms with Gasteiger partial charge in [-0.3, -0.25) is 9.78 Å². The minimum absolute atomic E-state index is 0.0653. The van der Waals surface area contributed by atoms with E-state index in [1.54, 1.807) is 52.2 Å². The highest BCUT2D eigenvalue weighted by molar-refractivity contribution is 7.89. The minimum Gasteiger partial charge on any atom is -0.460 e. The number of benzene rings is 2. The Morgan fingerprint density at radius 3 is 2.38 bits per heavy atom. The maximum Gasteiger partial charge on any atom is 0.417 e. The van der Waals surface area contributed by atoms with Crippen LogP contribution in [-0.2, 0) is 25.7 Å². The number of ether oxygens (including phenoxy) is 1. The first-order chi connectivity index (χ1) is 18.1. The van der Waals surface area contributed by atoms with Crippen molar-refractivity contribution < 1.29 is 31.1 Å². The molecule has 0 saturated carbocycles. The van der Waals surface area contributed by atoms with Crippen molar-refractivity contribution in [2.24, 2.45) is 0 Å². The van der Waals surface area contributed by atoms with Crippen LogP contribution in [0, 0.1) is 6.92 Å². The van der Waals surface area contributed by atoms with Crippen LogP contribution in [0.3, 0.4) is 0 Å². The molecule has 0 aliphatic rings. The third-order valence-electron chi connectivity index (χ3n) is 6.09. The van der Waals surface area contributed by atoms with Gasteiger partial charge in [-0.1, -0.05) is 30.3 Å². The van der Waals surface area contributed by atoms with Crippen molar-refractivity contribution in [3.05, 3.63) is 83.7 Å². The first-order valence-electron chi connectivity index (χ1n) is 12.5. The second kappa shape index (κ2) is 11.9. The van der Waals surface area contributed by atoms with Crippen molar-refractivity contribution in [1.29, 1.82) is 0 Å². The molecule has 1 atom stereocenters. The largest absolute Gasteiger partial charge is 0.460 e. The lowest BCUT2D eigenvalue weighted by Gasteiger charge is -2.30. The van der Waals surface area contributed by atoms with Crippen LogP contribution < -0.4 is 0 Å². The summed E-state index contributed by atoms with van der Waals surface area (Å²) in [6.45, 7) is 8.49. The molecule has 210 valence electrons. The lowest BCUT2D eigenvalue weighted by molar-refractivity contribution is -0.155. The number of aromatic nitrogens is 1. The van der Waals surface area contributed by atoms with Crippen molar-refractivity contribution in [2.75, 3.05) is 6.54 Å². The maximum atomic E-state index is 13.8. The molecule has 0 amide bonds. The fraction of sp³-hybridized carbons (Fsp3) is 0.379. The molecule has 0 fully saturated rings. The van der Waals surface area contributed by atoms with Gasteiger partial charge in [-0.2, -0.15) is 17.5 Å². The number of nitrogens with zero attached hydrogens (tertiary/aromatic N) is 2. The zero-order valence-corrected chi connectivity index (χ0v) is 23.4. The molecule has 0 spiro atoms. The zero-order valence-electron chi connectivity index (χ0n) is 22.6. The van der Waals surface area contributed by atoms with Crippen LogP contribution in [0.15, 0.2) is 71.9 Å². The zero-order chi connectivity index (χ0) is 29.0. The molecule has 2 aromatic carbocycles. The molecule has 1 heterocycles. The Hall–Kier alpha value is -3.24. The number of sulfonamides is 1. The molecule has 0 bridgehead atoms. The van der Waals surface area contributed by atoms with E-state index in [9.17, 15) is 26.4 Å². The van der Waals surface area contributed by atoms with E-state index in [-0.39, 0.29) is 19.4 Å². The monoisotopic (exact) mass is 562 g/mol. The highest BCUT2D eigenvalue weighted by atomic mass is 32.2. The highest BCUT2D eigenvalue weighted by Crippen LogP contribution is 2.38. The normalized spacial score (nSPS) is 13.4. The first-order valence-corrected chi connectivity index (χ1v) is 14.0. The molecule has 39 heavy (non-hydrogen) atoms. The van der Waals surface area contributed by atoms with Gasteiger partial charge in [-0.25, -0.2) is 8.42 Å². The van der Waals surface area contributed by atoms with Crippen LogP contribution in [0.4, 0.5) is 13.2 Å². The number of alkyl halides is 3. The summed E-state index contributed by atoms with van der Waals surface area (Å²) in [5, 5.41) is 0. The summed E-state index contributed by atoms with van der Waals surface area (Å²) >= 11 is 0. The van der Waals surface area contributed by atoms with Crippen molar-refractivity contribution in [3.8, 4) is 11.1 Å². The number of halogens is 3. The van der Waals surface area contributed by atoms with E-state index in [1.807, 2.05) is 25.1 Å². The standard InChI is InChI=1S/C29H33F3N2O4S/c1-20-19-33-16-15-24(20)23-11-8-10-22(18-23)21(2)34(17-9-14-27(35)38-28(3,4)5)39(36,37)26-13-7-6-12-25(26)29(30,31)32/h6-8,10-13,15-16,18-19,21H,9,14,17H2,1-5H3. The van der Waals surface area contributed by atoms with Gasteiger partial charge < -0.3 is 4.74 Å². The van der Waals surface area contributed by atoms with Crippen molar-refractivity contribution in [2.45, 2.75) is 70.2 Å². The molecule has 0 radical (unpaired) electrons. The second-order valence-electron chi connectivity index (χ2n) is 10.3. The van der Waals surface area contributed by atoms with Gasteiger partial charge in [0, 0.05) is 31.4 Å². The van der Waals surface area contributed by atoms with E-state index in [0.717, 1.165) is 39.2 Å². The van der Waals surface area contributed by atoms with E-state index in [2.05, 4.69) is 4.98 Å². The number of hydrogen-bond donors (Lipinski definition) is 0. The smallest absolute Gasteiger partial charge is 0.417 e. The fourth-order valence-electron chi connectivity index (χ4n) is 4.28. The number of pyridine rings is 1. The summed E-state index contributed by atoms with van der Waals surface area (Å²) in [7, 11) is -4.63. The van der Waals surface area contributed by atoms with Gasteiger partial charge in [0.05, 0.1) is 10.5 Å². The summed E-state index contributed by atoms with van der Waals surface area (Å²) < 4.78 is 75.4. The van der Waals surface area contributed by atoms with Crippen LogP contribution in [0.1, 0.15) is 63.3 Å². The molecule has 0 aliphatic heterocycles. The number of aryl methyl sites for hydroxylation is 1. The molecule has 1 unspecified atom stereocenters. The number of rotatable bonds is 9. The van der Waals surface area contributed by atoms with Crippen molar-refractivity contribution in [1.82, 2.24) is 9.29 Å². The quantitative estimate of drug-likeness (QED) is 0.264. The summed E-state index contributed by atoms with van der Waals surface area (Å²) in [6, 6.07) is 12.3. The molecule has 10 heteroatoms. The Morgan fingerprint density at radius 2 is 1.74 bits per heavy atom. The van der Waals surface area contributed by atoms with Crippen LogP contribution in [0.2, 0.25) is 0 Å². The Kier molecular flexibility index (Phi) is 9.23. The SMILES string of the molecule is Cc1cnccc1-c1cccc(C(C)N(CCCC(=O)OC(C)(C)C)S(=O)(=O)c2ccccc2C(F)(F)F)c1. The van der Waals surface area contributed by atoms with Gasteiger partial charge in [-0.15, -0.1) is 0 Å². The minimum atomic E-state index is -4.87. The molecule has 0 aliphatic carbocycles. The average Bonchev–Trinajstić information content (AvgIpc) is 2.85. The number of esters is 1. The Bertz CT molecular complexity index is 1420. The summed E-state index contributed by atoms with van der Waals surface area (Å²) in [5.41, 5.74) is 1.28. The first kappa shape index (κ1) is 30.3. The van der Waals surface area contributed by atoms with Gasteiger partial charge in [0.1, 0.15) is 5.60 Å². The topological polar surface area (TPSA) is 76.6 Å². The Balaban J connectivity index is 2.02. The van der Waals surface area contributed by atoms with Crippen LogP contribution in [0.25, 0.3) is 11.1 Å².